The van der Waals surface area contributed by atoms with Crippen LogP contribution in [0, 0.1) is 11.5 Å². The van der Waals surface area contributed by atoms with Gasteiger partial charge < -0.3 is 5.32 Å². The molecule has 0 heterocycles. The van der Waals surface area contributed by atoms with E-state index in [4.69, 9.17) is 16.9 Å². The molecule has 0 bridgehead atoms. The predicted octanol–water partition coefficient (Wildman–Crippen LogP) is 2.63. The molecular formula is C10H10ClN3S. The Morgan fingerprint density at radius 1 is 1.53 bits per heavy atom. The molecule has 15 heavy (non-hydrogen) atoms. The lowest BCUT2D eigenvalue weighted by Crippen LogP contribution is -2.19. The maximum absolute atomic E-state index is 8.39. The van der Waals surface area contributed by atoms with Crippen LogP contribution in [0.1, 0.15) is 5.56 Å². The molecule has 0 fully saturated rings. The molecular weight excluding hydrogens is 230 g/mol. The molecule has 0 spiro atoms. The molecule has 0 saturated heterocycles. The van der Waals surface area contributed by atoms with Crippen LogP contribution in [-0.2, 0) is 6.54 Å². The molecule has 3 nitrogen and oxygen atoms in total. The van der Waals surface area contributed by atoms with Gasteiger partial charge in [0.25, 0.3) is 0 Å². The van der Waals surface area contributed by atoms with Crippen LogP contribution in [-0.4, -0.2) is 11.4 Å². The van der Waals surface area contributed by atoms with Gasteiger partial charge in [0.1, 0.15) is 0 Å². The summed E-state index contributed by atoms with van der Waals surface area (Å²) in [7, 11) is 0. The van der Waals surface area contributed by atoms with Crippen molar-refractivity contribution in [2.75, 3.05) is 6.26 Å². The van der Waals surface area contributed by atoms with Crippen LogP contribution in [0.5, 0.6) is 0 Å². The largest absolute Gasteiger partial charge is 0.360 e. The molecule has 1 N–H and O–H groups in total. The zero-order chi connectivity index (χ0) is 11.1. The average Bonchev–Trinajstić information content (AvgIpc) is 2.26. The van der Waals surface area contributed by atoms with Gasteiger partial charge in [-0.3, -0.25) is 0 Å². The number of hydrogen-bond donors (Lipinski definition) is 1. The highest BCUT2D eigenvalue weighted by Crippen LogP contribution is 2.09. The predicted molar refractivity (Wildman–Crippen MR) is 64.9 cm³/mol. The van der Waals surface area contributed by atoms with Gasteiger partial charge >= 0.3 is 0 Å². The van der Waals surface area contributed by atoms with Crippen LogP contribution >= 0.6 is 23.4 Å². The van der Waals surface area contributed by atoms with Crippen molar-refractivity contribution in [2.45, 2.75) is 6.54 Å². The monoisotopic (exact) mass is 239 g/mol. The van der Waals surface area contributed by atoms with Crippen LogP contribution < -0.4 is 5.32 Å². The number of nitrogens with zero attached hydrogens (tertiary/aromatic N) is 2. The molecule has 1 aromatic rings. The minimum absolute atomic E-state index is 0.618. The van der Waals surface area contributed by atoms with Crippen molar-refractivity contribution in [1.82, 2.24) is 5.32 Å². The van der Waals surface area contributed by atoms with Crippen LogP contribution in [0.15, 0.2) is 29.3 Å². The van der Waals surface area contributed by atoms with E-state index in [-0.39, 0.29) is 0 Å². The Hall–Kier alpha value is -1.18. The lowest BCUT2D eigenvalue weighted by molar-refractivity contribution is 0.928. The third-order valence-electron chi connectivity index (χ3n) is 1.70. The third-order valence-corrected chi connectivity index (χ3v) is 2.58. The van der Waals surface area contributed by atoms with Crippen molar-refractivity contribution in [3.8, 4) is 6.19 Å². The Kier molecular flexibility index (Phi) is 5.02. The van der Waals surface area contributed by atoms with Crippen molar-refractivity contribution in [3.63, 3.8) is 0 Å². The molecule has 0 aliphatic carbocycles. The van der Waals surface area contributed by atoms with E-state index >= 15 is 0 Å². The zero-order valence-corrected chi connectivity index (χ0v) is 9.77. The van der Waals surface area contributed by atoms with Crippen molar-refractivity contribution < 1.29 is 0 Å². The molecule has 0 aliphatic rings. The van der Waals surface area contributed by atoms with Gasteiger partial charge in [0.2, 0.25) is 6.19 Å². The molecule has 0 amide bonds. The van der Waals surface area contributed by atoms with Crippen molar-refractivity contribution in [2.24, 2.45) is 4.99 Å². The Bertz CT molecular complexity index is 381. The Labute approximate surface area is 98.2 Å². The van der Waals surface area contributed by atoms with E-state index in [0.717, 1.165) is 10.6 Å². The maximum atomic E-state index is 8.39. The average molecular weight is 240 g/mol. The van der Waals surface area contributed by atoms with E-state index in [0.29, 0.717) is 11.7 Å². The van der Waals surface area contributed by atoms with Gasteiger partial charge in [0, 0.05) is 11.6 Å². The van der Waals surface area contributed by atoms with Gasteiger partial charge in [-0.05, 0) is 24.0 Å². The fourth-order valence-corrected chi connectivity index (χ4v) is 1.46. The van der Waals surface area contributed by atoms with Crippen LogP contribution in [0.2, 0.25) is 5.02 Å². The first kappa shape index (κ1) is 11.9. The van der Waals surface area contributed by atoms with Gasteiger partial charge in [0.15, 0.2) is 5.17 Å². The highest BCUT2D eigenvalue weighted by atomic mass is 35.5. The first-order chi connectivity index (χ1) is 7.26. The lowest BCUT2D eigenvalue weighted by atomic mass is 10.2. The van der Waals surface area contributed by atoms with Crippen LogP contribution in [0.4, 0.5) is 0 Å². The minimum atomic E-state index is 0.618. The van der Waals surface area contributed by atoms with Crippen molar-refractivity contribution in [1.29, 1.82) is 5.26 Å². The number of nitriles is 1. The number of nitrogens with one attached hydrogen (secondary N) is 1. The van der Waals surface area contributed by atoms with Crippen molar-refractivity contribution in [3.05, 3.63) is 34.9 Å². The molecule has 0 saturated carbocycles. The Morgan fingerprint density at radius 3 is 2.73 bits per heavy atom. The number of rotatable bonds is 2. The molecule has 0 aromatic heterocycles. The number of amidine groups is 1. The zero-order valence-electron chi connectivity index (χ0n) is 8.20. The SMILES string of the molecule is CS/C(=N\C#N)NCc1ccc(Cl)cc1. The Balaban J connectivity index is 2.54. The standard InChI is InChI=1S/C10H10ClN3S/c1-15-10(14-7-12)13-6-8-2-4-9(11)5-3-8/h2-5H,6H2,1H3,(H,13,14). The quantitative estimate of drug-likeness (QED) is 0.490. The molecule has 1 aromatic carbocycles. The molecule has 0 aliphatic heterocycles. The molecule has 0 atom stereocenters. The van der Waals surface area contributed by atoms with E-state index in [1.54, 1.807) is 6.19 Å². The maximum Gasteiger partial charge on any atom is 0.208 e. The molecule has 0 radical (unpaired) electrons. The number of hydrogen-bond acceptors (Lipinski definition) is 3. The Morgan fingerprint density at radius 2 is 2.20 bits per heavy atom. The number of halogens is 1. The summed E-state index contributed by atoms with van der Waals surface area (Å²) in [5, 5.41) is 12.8. The summed E-state index contributed by atoms with van der Waals surface area (Å²) in [6.07, 6.45) is 3.61. The van der Waals surface area contributed by atoms with Gasteiger partial charge in [-0.15, -0.1) is 4.99 Å². The number of thioether (sulfide) groups is 1. The fourth-order valence-electron chi connectivity index (χ4n) is 0.983. The van der Waals surface area contributed by atoms with E-state index in [1.807, 2.05) is 30.5 Å². The normalized spacial score (nSPS) is 10.9. The summed E-state index contributed by atoms with van der Waals surface area (Å²) in [4.78, 5) is 3.62. The second-order valence-corrected chi connectivity index (χ2v) is 3.93. The number of benzene rings is 1. The summed E-state index contributed by atoms with van der Waals surface area (Å²) >= 11 is 7.17. The molecule has 1 rings (SSSR count). The highest BCUT2D eigenvalue weighted by molar-refractivity contribution is 8.13. The highest BCUT2D eigenvalue weighted by Gasteiger charge is 1.97. The van der Waals surface area contributed by atoms with Gasteiger partial charge in [-0.2, -0.15) is 5.26 Å². The van der Waals surface area contributed by atoms with Crippen LogP contribution in [0.3, 0.4) is 0 Å². The third kappa shape index (κ3) is 4.24. The van der Waals surface area contributed by atoms with Gasteiger partial charge in [-0.25, -0.2) is 0 Å². The molecule has 5 heteroatoms. The summed E-state index contributed by atoms with van der Waals surface area (Å²) in [5.41, 5.74) is 1.10. The molecule has 0 unspecified atom stereocenters. The molecule has 78 valence electrons. The van der Waals surface area contributed by atoms with E-state index < -0.39 is 0 Å². The summed E-state index contributed by atoms with van der Waals surface area (Å²) in [5.74, 6) is 0. The lowest BCUT2D eigenvalue weighted by Gasteiger charge is -2.05. The second-order valence-electron chi connectivity index (χ2n) is 2.70. The first-order valence-electron chi connectivity index (χ1n) is 4.25. The van der Waals surface area contributed by atoms with E-state index in [9.17, 15) is 0 Å². The van der Waals surface area contributed by atoms with Gasteiger partial charge in [0.05, 0.1) is 0 Å². The summed E-state index contributed by atoms with van der Waals surface area (Å²) in [6, 6.07) is 7.52. The summed E-state index contributed by atoms with van der Waals surface area (Å²) in [6.45, 7) is 0.637. The van der Waals surface area contributed by atoms with Crippen LogP contribution in [0.25, 0.3) is 0 Å². The van der Waals surface area contributed by atoms with Crippen molar-refractivity contribution >= 4 is 28.5 Å². The van der Waals surface area contributed by atoms with E-state index in [1.165, 1.54) is 11.8 Å². The topological polar surface area (TPSA) is 48.2 Å². The van der Waals surface area contributed by atoms with Gasteiger partial charge in [-0.1, -0.05) is 35.5 Å². The number of aliphatic imine (C=N–C) groups is 1. The smallest absolute Gasteiger partial charge is 0.208 e. The second kappa shape index (κ2) is 6.33. The van der Waals surface area contributed by atoms with E-state index in [2.05, 4.69) is 10.3 Å². The fraction of sp³-hybridized carbons (Fsp3) is 0.200. The minimum Gasteiger partial charge on any atom is -0.360 e. The summed E-state index contributed by atoms with van der Waals surface area (Å²) < 4.78 is 0. The first-order valence-corrected chi connectivity index (χ1v) is 5.85.